The predicted octanol–water partition coefficient (Wildman–Crippen LogP) is 5.83. The highest BCUT2D eigenvalue weighted by Crippen LogP contribution is 2.33. The fraction of sp³-hybridized carbons (Fsp3) is 0.122. The highest BCUT2D eigenvalue weighted by molar-refractivity contribution is 7.82. The van der Waals surface area contributed by atoms with Crippen molar-refractivity contribution in [2.75, 3.05) is 5.73 Å². The van der Waals surface area contributed by atoms with Crippen molar-refractivity contribution in [2.45, 2.75) is 34.6 Å². The predicted molar refractivity (Wildman–Crippen MR) is 274 cm³/mol. The van der Waals surface area contributed by atoms with Crippen LogP contribution in [0.5, 0.6) is 0 Å². The van der Waals surface area contributed by atoms with Crippen LogP contribution in [0.2, 0.25) is 0 Å². The van der Waals surface area contributed by atoms with Gasteiger partial charge in [-0.15, -0.1) is 24.7 Å². The lowest BCUT2D eigenvalue weighted by atomic mass is 10.4. The fourth-order valence-electron chi connectivity index (χ4n) is 5.92. The first kappa shape index (κ1) is 59.7. The van der Waals surface area contributed by atoms with Gasteiger partial charge in [-0.3, -0.25) is 39.7 Å². The summed E-state index contributed by atoms with van der Waals surface area (Å²) in [5.41, 5.74) is 13.3. The molecule has 10 rings (SSSR count). The Labute approximate surface area is 450 Å². The van der Waals surface area contributed by atoms with E-state index in [1.807, 2.05) is 39.0 Å². The van der Waals surface area contributed by atoms with Crippen LogP contribution in [0.4, 0.5) is 40.2 Å². The molecule has 0 aromatic carbocycles. The molecule has 0 aliphatic heterocycles. The zero-order valence-corrected chi connectivity index (χ0v) is 43.2. The van der Waals surface area contributed by atoms with Gasteiger partial charge >= 0.3 is 38.3 Å². The molecule has 39 heteroatoms. The molecule has 0 aliphatic carbocycles. The summed E-state index contributed by atoms with van der Waals surface area (Å²) in [5, 5.41) is 58.7. The van der Waals surface area contributed by atoms with Crippen molar-refractivity contribution in [3.8, 4) is 17.1 Å². The Morgan fingerprint density at radius 2 is 1.29 bits per heavy atom. The van der Waals surface area contributed by atoms with Gasteiger partial charge in [0.1, 0.15) is 17.5 Å². The summed E-state index contributed by atoms with van der Waals surface area (Å²) >= 11 is 0. The molecule has 0 radical (unpaired) electrons. The third kappa shape index (κ3) is 16.4. The third-order valence-corrected chi connectivity index (χ3v) is 9.89. The molecule has 0 atom stereocenters. The Bertz CT molecular complexity index is 4090. The van der Waals surface area contributed by atoms with Crippen molar-refractivity contribution < 1.29 is 50.9 Å². The maximum Gasteiger partial charge on any atom is 0.478 e. The lowest BCUT2D eigenvalue weighted by Gasteiger charge is -2.02. The number of hydrogen-bond acceptors (Lipinski definition) is 25. The van der Waals surface area contributed by atoms with Crippen molar-refractivity contribution in [3.63, 3.8) is 0 Å². The van der Waals surface area contributed by atoms with Gasteiger partial charge in [0.15, 0.2) is 22.8 Å². The number of aromatic amines is 2. The molecule has 0 fully saturated rings. The molecular formula is C41H41N26O11S2+. The largest absolute Gasteiger partial charge is 0.478 e. The second-order valence-corrected chi connectivity index (χ2v) is 16.8. The minimum atomic E-state index is -4.54. The smallest absolute Gasteiger partial charge is 0.392 e. The number of nitrogens with one attached hydrogen (secondary N) is 3. The minimum absolute atomic E-state index is 0. The van der Waals surface area contributed by atoms with Gasteiger partial charge in [0.05, 0.1) is 79.4 Å². The van der Waals surface area contributed by atoms with Crippen LogP contribution in [0.25, 0.3) is 47.9 Å². The van der Waals surface area contributed by atoms with Gasteiger partial charge in [0.2, 0.25) is 11.3 Å². The summed E-state index contributed by atoms with van der Waals surface area (Å²) in [6, 6.07) is 12.7. The molecule has 0 saturated carbocycles. The average Bonchev–Trinajstić information content (AvgIpc) is 4.33. The zero-order valence-electron chi connectivity index (χ0n) is 41.6. The molecule has 412 valence electrons. The Balaban J connectivity index is 0.000000221. The first-order valence-corrected chi connectivity index (χ1v) is 24.1. The number of aryl methyl sites for hydroxylation is 4. The number of azo groups is 1. The quantitative estimate of drug-likeness (QED) is 0.0223. The molecule has 0 aliphatic rings. The molecule has 10 heterocycles. The van der Waals surface area contributed by atoms with Crippen LogP contribution in [0.3, 0.4) is 0 Å². The van der Waals surface area contributed by atoms with Crippen LogP contribution in [0.1, 0.15) is 31.4 Å². The van der Waals surface area contributed by atoms with Crippen LogP contribution in [0, 0.1) is 52.8 Å². The van der Waals surface area contributed by atoms with Crippen molar-refractivity contribution in [2.24, 2.45) is 10.2 Å². The van der Waals surface area contributed by atoms with Gasteiger partial charge in [0, 0.05) is 43.7 Å². The number of carbonyl (C=O) groups excluding carboxylic acids is 1. The second kappa shape index (κ2) is 27.6. The number of diazo groups is 1. The van der Waals surface area contributed by atoms with Crippen molar-refractivity contribution in [1.82, 2.24) is 89.6 Å². The lowest BCUT2D eigenvalue weighted by molar-refractivity contribution is -0.152. The highest BCUT2D eigenvalue weighted by Gasteiger charge is 2.24. The summed E-state index contributed by atoms with van der Waals surface area (Å²) in [6.07, 6.45) is 14.0. The third-order valence-electron chi connectivity index (χ3n) is 8.98. The molecular weight excluding hydrogens is 1100 g/mol. The number of anilines is 1. The van der Waals surface area contributed by atoms with Crippen LogP contribution in [-0.2, 0) is 38.4 Å². The normalized spacial score (nSPS) is 10.6. The summed E-state index contributed by atoms with van der Waals surface area (Å²) < 4.78 is 62.9. The molecule has 10 aromatic rings. The Morgan fingerprint density at radius 3 is 1.76 bits per heavy atom. The minimum Gasteiger partial charge on any atom is -0.392 e. The Morgan fingerprint density at radius 1 is 0.762 bits per heavy atom. The van der Waals surface area contributed by atoms with Gasteiger partial charge in [-0.2, -0.15) is 36.3 Å². The fourth-order valence-corrected chi connectivity index (χ4v) is 6.33. The van der Waals surface area contributed by atoms with Gasteiger partial charge in [0.25, 0.3) is 5.69 Å². The number of H-pyrrole nitrogens is 2. The zero-order chi connectivity index (χ0) is 58.6. The van der Waals surface area contributed by atoms with E-state index in [2.05, 4.69) is 103 Å². The number of fused-ring (bicyclic) bond motifs is 2. The van der Waals surface area contributed by atoms with E-state index >= 15 is 0 Å². The molecule has 0 unspecified atom stereocenters. The highest BCUT2D eigenvalue weighted by atomic mass is 32.3. The summed E-state index contributed by atoms with van der Waals surface area (Å²) in [4.78, 5) is 43.1. The lowest BCUT2D eigenvalue weighted by Crippen LogP contribution is -2.14. The number of nitrogen functional groups attached to an aromatic ring is 1. The van der Waals surface area contributed by atoms with Gasteiger partial charge < -0.3 is 9.92 Å². The average molecular weight is 1140 g/mol. The maximum absolute atomic E-state index is 9.89. The van der Waals surface area contributed by atoms with E-state index in [-0.39, 0.29) is 12.9 Å². The number of aromatic nitrogens is 17. The van der Waals surface area contributed by atoms with E-state index in [9.17, 15) is 21.6 Å². The SMILES string of the molecule is CC(=O)OS(=O)(=O)OO.Cc1nc2cc(C)[nH]n2n1.O=S(=O)(O)ONO.[C-]#[N+]c1cnn(-c2cccnc2)c1N.[C-]#[N+]c1cnn(-c2cccnc2)c1N=Nc1c(C)[nH]n2nc(C)nc12.[C-]#[N+]c1cnn(-c2cccnc2)c1[N+]#N.[HH]. The van der Waals surface area contributed by atoms with E-state index in [1.165, 1.54) is 32.6 Å². The number of nitrogens with two attached hydrogens (primary N) is 1. The number of carbonyl (C=O) groups is 1. The number of rotatable bonds is 9. The van der Waals surface area contributed by atoms with Crippen LogP contribution in [-0.4, -0.2) is 122 Å². The van der Waals surface area contributed by atoms with E-state index in [0.29, 0.717) is 51.5 Å². The second-order valence-electron chi connectivity index (χ2n) is 14.6. The topological polar surface area (TPSA) is 462 Å². The summed E-state index contributed by atoms with van der Waals surface area (Å²) in [7, 11) is -9.05. The maximum atomic E-state index is 9.89. The van der Waals surface area contributed by atoms with Crippen molar-refractivity contribution in [3.05, 3.63) is 161 Å². The van der Waals surface area contributed by atoms with E-state index in [0.717, 1.165) is 41.1 Å². The number of pyridine rings is 3. The molecule has 8 N–H and O–H groups in total. The number of nitrogens with zero attached hydrogens (tertiary/aromatic N) is 22. The molecule has 0 spiro atoms. The first-order valence-electron chi connectivity index (χ1n) is 21.4. The van der Waals surface area contributed by atoms with E-state index in [4.69, 9.17) is 45.9 Å². The Kier molecular flexibility index (Phi) is 20.6. The van der Waals surface area contributed by atoms with E-state index < -0.39 is 26.8 Å². The monoisotopic (exact) mass is 1140 g/mol. The molecule has 0 amide bonds. The van der Waals surface area contributed by atoms with Crippen LogP contribution in [0.15, 0.2) is 108 Å². The molecule has 80 heavy (non-hydrogen) atoms. The summed E-state index contributed by atoms with van der Waals surface area (Å²) in [5.74, 6) is 1.13. The molecule has 37 nitrogen and oxygen atoms in total. The first-order chi connectivity index (χ1) is 38.2. The number of hydrogen-bond donors (Lipinski definition) is 7. The standard InChI is InChI=1S/C15H12N10.C9H5N6.C9H7N5.C6H8N4.C2H4O6S.H3NO5S.H2/c1-9-13(15-19-10(2)23-25(15)22-9)20-21-14-12(16-3)8-18-24(14)11-5-4-6-17-7-11;1-11-8-6-13-15(9(8)14-10)7-3-2-4-12-5-7;1-11-8-6-13-14(9(8)10)7-3-2-4-12-5-7;1-4-3-6-7-5(2)9-10(6)8-4;1-2(3)7-9(5,6)8-4;2-1-6-7(3,4)5;/h4-8,22H,1-2H3;2-6H;2-6H,10H2;3,8H,1-2H3;4H,1H3;1-2H,(H,3,4,5);1H/q;+1;;;;;. The summed E-state index contributed by atoms with van der Waals surface area (Å²) in [6.45, 7) is 29.4. The van der Waals surface area contributed by atoms with Gasteiger partial charge in [-0.05, 0) is 64.1 Å². The van der Waals surface area contributed by atoms with Gasteiger partial charge in [-0.25, -0.2) is 39.1 Å². The van der Waals surface area contributed by atoms with Crippen molar-refractivity contribution in [1.29, 1.82) is 5.39 Å². The van der Waals surface area contributed by atoms with E-state index in [1.54, 1.807) is 77.6 Å². The molecule has 0 saturated heterocycles. The van der Waals surface area contributed by atoms with Crippen LogP contribution < -0.4 is 11.4 Å². The van der Waals surface area contributed by atoms with Gasteiger partial charge in [-0.1, -0.05) is 19.8 Å². The molecule has 10 aromatic heterocycles. The van der Waals surface area contributed by atoms with Crippen LogP contribution >= 0.6 is 0 Å². The Hall–Kier alpha value is -11.1. The molecule has 0 bridgehead atoms. The van der Waals surface area contributed by atoms with Crippen molar-refractivity contribution >= 4 is 78.3 Å².